The molecule has 0 aromatic rings. The molecular weight excluding hydrogens is 312 g/mol. The highest BCUT2D eigenvalue weighted by Gasteiger charge is 2.33. The number of hydrogen-bond donors (Lipinski definition) is 10. The normalized spacial score (nSPS) is 16.0. The van der Waals surface area contributed by atoms with Crippen LogP contribution < -0.4 is 22.1 Å². The Hall–Kier alpha value is -0.890. The molecule has 12 N–H and O–H groups in total. The van der Waals surface area contributed by atoms with Crippen LogP contribution in [0.1, 0.15) is 0 Å². The van der Waals surface area contributed by atoms with E-state index in [-0.39, 0.29) is 0 Å². The summed E-state index contributed by atoms with van der Waals surface area (Å²) in [5.41, 5.74) is 10.5. The molecule has 23 heavy (non-hydrogen) atoms. The van der Waals surface area contributed by atoms with Crippen molar-refractivity contribution < 1.29 is 35.4 Å². The number of carboxylic acids is 1. The van der Waals surface area contributed by atoms with Crippen LogP contribution in [0.3, 0.4) is 0 Å². The predicted octanol–water partition coefficient (Wildman–Crippen LogP) is -5.41. The fourth-order valence-corrected chi connectivity index (χ4v) is 1.30. The first-order valence-electron chi connectivity index (χ1n) is 7.20. The van der Waals surface area contributed by atoms with E-state index in [1.807, 2.05) is 0 Å². The summed E-state index contributed by atoms with van der Waals surface area (Å²) in [6, 6.07) is 0. The summed E-state index contributed by atoms with van der Waals surface area (Å²) >= 11 is 0. The predicted molar refractivity (Wildman–Crippen MR) is 82.6 cm³/mol. The number of rotatable bonds is 12. The number of aliphatic hydroxyl groups excluding tert-OH is 5. The highest BCUT2D eigenvalue weighted by atomic mass is 16.4. The number of aliphatic carboxylic acids is 1. The Labute approximate surface area is 134 Å². The first-order valence-corrected chi connectivity index (χ1v) is 7.20. The Morgan fingerprint density at radius 3 is 1.61 bits per heavy atom. The number of aliphatic hydroxyl groups is 5. The largest absolute Gasteiger partial charge is 0.479 e. The average Bonchev–Trinajstić information content (AvgIpc) is 2.55. The Bertz CT molecular complexity index is 278. The molecule has 0 amide bonds. The highest BCUT2D eigenvalue weighted by Crippen LogP contribution is 2.04. The van der Waals surface area contributed by atoms with Gasteiger partial charge in [-0.3, -0.25) is 0 Å². The smallest absolute Gasteiger partial charge is 0.335 e. The minimum Gasteiger partial charge on any atom is -0.479 e. The van der Waals surface area contributed by atoms with Gasteiger partial charge in [-0.1, -0.05) is 0 Å². The van der Waals surface area contributed by atoms with Crippen LogP contribution in [0.4, 0.5) is 0 Å². The molecule has 0 saturated carbocycles. The summed E-state index contributed by atoms with van der Waals surface area (Å²) in [7, 11) is 0. The molecule has 11 nitrogen and oxygen atoms in total. The van der Waals surface area contributed by atoms with Crippen molar-refractivity contribution in [3.63, 3.8) is 0 Å². The zero-order chi connectivity index (χ0) is 18.3. The maximum atomic E-state index is 10.1. The Balaban J connectivity index is 0. The third-order valence-electron chi connectivity index (χ3n) is 2.63. The summed E-state index contributed by atoms with van der Waals surface area (Å²) in [6.07, 6.45) is -7.84. The molecule has 0 rings (SSSR count). The standard InChI is InChI=1S/C6H18N4.C6H12O7/c7-1-3-9-5-6-10-4-2-8;7-1-2(8)3(9)4(10)5(11)6(12)13/h9-10H,1-8H2;2-5,7-11H,1H2,(H,12,13)/t;2-,3-,4+,5-/m.1/s1. The monoisotopic (exact) mass is 342 g/mol. The van der Waals surface area contributed by atoms with Crippen molar-refractivity contribution in [2.45, 2.75) is 24.4 Å². The molecule has 0 bridgehead atoms. The van der Waals surface area contributed by atoms with E-state index in [1.165, 1.54) is 0 Å². The van der Waals surface area contributed by atoms with Crippen LogP contribution in [-0.2, 0) is 4.79 Å². The lowest BCUT2D eigenvalue weighted by molar-refractivity contribution is -0.164. The lowest BCUT2D eigenvalue weighted by atomic mass is 10.0. The second kappa shape index (κ2) is 16.0. The van der Waals surface area contributed by atoms with E-state index < -0.39 is 37.0 Å². The average molecular weight is 342 g/mol. The van der Waals surface area contributed by atoms with Gasteiger partial charge in [-0.25, -0.2) is 4.79 Å². The van der Waals surface area contributed by atoms with Gasteiger partial charge in [0.15, 0.2) is 6.10 Å². The van der Waals surface area contributed by atoms with Gasteiger partial charge >= 0.3 is 5.97 Å². The third-order valence-corrected chi connectivity index (χ3v) is 2.63. The number of nitrogens with two attached hydrogens (primary N) is 2. The van der Waals surface area contributed by atoms with Gasteiger partial charge in [-0.05, 0) is 0 Å². The third kappa shape index (κ3) is 13.3. The molecule has 0 fully saturated rings. The Kier molecular flexibility index (Phi) is 16.9. The summed E-state index contributed by atoms with van der Waals surface area (Å²) in [6.45, 7) is 4.29. The molecular formula is C12H30N4O7. The van der Waals surface area contributed by atoms with Crippen molar-refractivity contribution in [3.8, 4) is 0 Å². The molecule has 11 heteroatoms. The fraction of sp³-hybridized carbons (Fsp3) is 0.917. The molecule has 0 aliphatic heterocycles. The maximum Gasteiger partial charge on any atom is 0.335 e. The van der Waals surface area contributed by atoms with Gasteiger partial charge in [0, 0.05) is 39.3 Å². The van der Waals surface area contributed by atoms with E-state index in [1.54, 1.807) is 0 Å². The SMILES string of the molecule is NCCNCCNCCN.O=C(O)[C@H](O)[C@@H](O)[C@H](O)[C@H](O)CO. The van der Waals surface area contributed by atoms with Crippen LogP contribution in [0, 0.1) is 0 Å². The van der Waals surface area contributed by atoms with Crippen molar-refractivity contribution in [1.82, 2.24) is 10.6 Å². The minimum absolute atomic E-state index is 0.705. The summed E-state index contributed by atoms with van der Waals surface area (Å²) in [4.78, 5) is 10.1. The van der Waals surface area contributed by atoms with Gasteiger partial charge < -0.3 is 52.7 Å². The van der Waals surface area contributed by atoms with E-state index >= 15 is 0 Å². The zero-order valence-corrected chi connectivity index (χ0v) is 13.0. The van der Waals surface area contributed by atoms with Crippen molar-refractivity contribution >= 4 is 5.97 Å². The lowest BCUT2D eigenvalue weighted by Crippen LogP contribution is -2.48. The molecule has 0 aliphatic carbocycles. The van der Waals surface area contributed by atoms with E-state index in [0.29, 0.717) is 13.1 Å². The van der Waals surface area contributed by atoms with Crippen LogP contribution >= 0.6 is 0 Å². The van der Waals surface area contributed by atoms with Crippen LogP contribution in [0.5, 0.6) is 0 Å². The number of carboxylic acid groups (broad SMARTS) is 1. The van der Waals surface area contributed by atoms with Gasteiger partial charge in [0.2, 0.25) is 0 Å². The van der Waals surface area contributed by atoms with Gasteiger partial charge in [0.1, 0.15) is 18.3 Å². The minimum atomic E-state index is -2.20. The number of nitrogens with one attached hydrogen (secondary N) is 2. The fourth-order valence-electron chi connectivity index (χ4n) is 1.30. The van der Waals surface area contributed by atoms with Gasteiger partial charge in [0.05, 0.1) is 6.61 Å². The van der Waals surface area contributed by atoms with Gasteiger partial charge in [-0.15, -0.1) is 0 Å². The van der Waals surface area contributed by atoms with Crippen molar-refractivity contribution in [3.05, 3.63) is 0 Å². The first-order chi connectivity index (χ1) is 10.8. The molecule has 0 aromatic carbocycles. The van der Waals surface area contributed by atoms with Crippen LogP contribution in [-0.4, -0.2) is 107 Å². The molecule has 0 spiro atoms. The highest BCUT2D eigenvalue weighted by molar-refractivity contribution is 5.72. The molecule has 0 saturated heterocycles. The van der Waals surface area contributed by atoms with Crippen molar-refractivity contribution in [2.75, 3.05) is 45.9 Å². The maximum absolute atomic E-state index is 10.1. The quantitative estimate of drug-likeness (QED) is 0.151. The molecule has 0 aromatic heterocycles. The number of hydrogen-bond acceptors (Lipinski definition) is 10. The molecule has 0 aliphatic rings. The molecule has 140 valence electrons. The van der Waals surface area contributed by atoms with Crippen LogP contribution in [0.25, 0.3) is 0 Å². The summed E-state index contributed by atoms with van der Waals surface area (Å²) < 4.78 is 0. The number of carbonyl (C=O) groups is 1. The van der Waals surface area contributed by atoms with Gasteiger partial charge in [0.25, 0.3) is 0 Å². The molecule has 0 unspecified atom stereocenters. The second-order valence-corrected chi connectivity index (χ2v) is 4.59. The van der Waals surface area contributed by atoms with E-state index in [4.69, 9.17) is 42.1 Å². The zero-order valence-electron chi connectivity index (χ0n) is 13.0. The van der Waals surface area contributed by atoms with E-state index in [0.717, 1.165) is 26.2 Å². The lowest BCUT2D eigenvalue weighted by Gasteiger charge is -2.23. The summed E-state index contributed by atoms with van der Waals surface area (Å²) in [5, 5.41) is 58.1. The Morgan fingerprint density at radius 2 is 1.30 bits per heavy atom. The van der Waals surface area contributed by atoms with Crippen LogP contribution in [0.2, 0.25) is 0 Å². The topological polar surface area (TPSA) is 215 Å². The molecule has 0 heterocycles. The van der Waals surface area contributed by atoms with E-state index in [9.17, 15) is 4.79 Å². The van der Waals surface area contributed by atoms with Crippen LogP contribution in [0.15, 0.2) is 0 Å². The second-order valence-electron chi connectivity index (χ2n) is 4.59. The first kappa shape index (κ1) is 24.4. The van der Waals surface area contributed by atoms with E-state index in [2.05, 4.69) is 10.6 Å². The van der Waals surface area contributed by atoms with Crippen molar-refractivity contribution in [1.29, 1.82) is 0 Å². The summed E-state index contributed by atoms with van der Waals surface area (Å²) in [5.74, 6) is -1.73. The van der Waals surface area contributed by atoms with Crippen molar-refractivity contribution in [2.24, 2.45) is 11.5 Å². The molecule has 0 radical (unpaired) electrons. The molecule has 4 atom stereocenters. The Morgan fingerprint density at radius 1 is 0.870 bits per heavy atom. The van der Waals surface area contributed by atoms with Gasteiger partial charge in [-0.2, -0.15) is 0 Å².